The molecule has 0 saturated carbocycles. The van der Waals surface area contributed by atoms with Gasteiger partial charge in [0.25, 0.3) is 0 Å². The summed E-state index contributed by atoms with van der Waals surface area (Å²) in [5.74, 6) is -0.103. The van der Waals surface area contributed by atoms with E-state index in [1.165, 1.54) is 0 Å². The van der Waals surface area contributed by atoms with Gasteiger partial charge in [-0.15, -0.1) is 11.6 Å². The average Bonchev–Trinajstić information content (AvgIpc) is 2.61. The van der Waals surface area contributed by atoms with E-state index in [0.29, 0.717) is 5.82 Å². The molecular weight excluding hydrogens is 224 g/mol. The summed E-state index contributed by atoms with van der Waals surface area (Å²) in [7, 11) is 0. The summed E-state index contributed by atoms with van der Waals surface area (Å²) in [6.07, 6.45) is 0. The van der Waals surface area contributed by atoms with Crippen LogP contribution in [0, 0.1) is 6.92 Å². The molecule has 3 amide bonds. The Labute approximate surface area is 90.2 Å². The minimum atomic E-state index is -0.656. The van der Waals surface area contributed by atoms with Gasteiger partial charge in [0.1, 0.15) is 5.88 Å². The third kappa shape index (κ3) is 3.94. The van der Waals surface area contributed by atoms with Crippen LogP contribution in [0.1, 0.15) is 11.7 Å². The van der Waals surface area contributed by atoms with Crippen molar-refractivity contribution in [3.63, 3.8) is 0 Å². The standard InChI is InChI=1S/C7H9ClN4O3/c1-4-10-6(15-12-4)3-9-7(14)11-5(13)2-8/h2-3H2,1H3,(H2,9,11,13,14). The maximum Gasteiger partial charge on any atom is 0.321 e. The molecule has 15 heavy (non-hydrogen) atoms. The fourth-order valence-corrected chi connectivity index (χ4v) is 0.839. The monoisotopic (exact) mass is 232 g/mol. The quantitative estimate of drug-likeness (QED) is 0.712. The van der Waals surface area contributed by atoms with Crippen LogP contribution in [0.3, 0.4) is 0 Å². The van der Waals surface area contributed by atoms with Crippen LogP contribution >= 0.6 is 11.6 Å². The lowest BCUT2D eigenvalue weighted by molar-refractivity contribution is -0.117. The first-order chi connectivity index (χ1) is 7.11. The number of urea groups is 1. The number of aryl methyl sites for hydroxylation is 1. The number of imide groups is 1. The van der Waals surface area contributed by atoms with Gasteiger partial charge < -0.3 is 9.84 Å². The first-order valence-electron chi connectivity index (χ1n) is 4.04. The highest BCUT2D eigenvalue weighted by Crippen LogP contribution is 1.93. The maximum atomic E-state index is 11.0. The van der Waals surface area contributed by atoms with E-state index in [1.807, 2.05) is 5.32 Å². The molecule has 0 aliphatic heterocycles. The summed E-state index contributed by atoms with van der Waals surface area (Å²) in [6.45, 7) is 1.71. The number of nitrogens with one attached hydrogen (secondary N) is 2. The summed E-state index contributed by atoms with van der Waals surface area (Å²) in [6, 6.07) is -0.656. The second-order valence-corrected chi connectivity index (χ2v) is 2.87. The zero-order valence-corrected chi connectivity index (χ0v) is 8.67. The number of halogens is 1. The number of hydrogen-bond acceptors (Lipinski definition) is 5. The molecule has 82 valence electrons. The van der Waals surface area contributed by atoms with E-state index in [9.17, 15) is 9.59 Å². The van der Waals surface area contributed by atoms with Crippen molar-refractivity contribution in [2.45, 2.75) is 13.5 Å². The fourth-order valence-electron chi connectivity index (χ4n) is 0.772. The van der Waals surface area contributed by atoms with Crippen LogP contribution in [0.25, 0.3) is 0 Å². The Hall–Kier alpha value is -1.63. The number of aromatic nitrogens is 2. The van der Waals surface area contributed by atoms with Crippen molar-refractivity contribution >= 4 is 23.5 Å². The van der Waals surface area contributed by atoms with E-state index in [0.717, 1.165) is 0 Å². The highest BCUT2D eigenvalue weighted by molar-refractivity contribution is 6.28. The number of alkyl halides is 1. The van der Waals surface area contributed by atoms with Crippen molar-refractivity contribution in [2.24, 2.45) is 0 Å². The Morgan fingerprint density at radius 3 is 2.80 bits per heavy atom. The second-order valence-electron chi connectivity index (χ2n) is 2.60. The number of rotatable bonds is 3. The van der Waals surface area contributed by atoms with Gasteiger partial charge in [-0.1, -0.05) is 5.16 Å². The topological polar surface area (TPSA) is 97.1 Å². The van der Waals surface area contributed by atoms with E-state index in [-0.39, 0.29) is 18.3 Å². The van der Waals surface area contributed by atoms with Crippen molar-refractivity contribution in [2.75, 3.05) is 5.88 Å². The molecule has 0 radical (unpaired) electrons. The van der Waals surface area contributed by atoms with Crippen LogP contribution in [-0.4, -0.2) is 28.0 Å². The first kappa shape index (κ1) is 11.4. The largest absolute Gasteiger partial charge is 0.337 e. The molecule has 1 aromatic rings. The highest BCUT2D eigenvalue weighted by atomic mass is 35.5. The lowest BCUT2D eigenvalue weighted by atomic mass is 10.6. The van der Waals surface area contributed by atoms with Crippen molar-refractivity contribution in [3.05, 3.63) is 11.7 Å². The molecule has 1 rings (SSSR count). The number of carbonyl (C=O) groups is 2. The minimum absolute atomic E-state index is 0.0578. The van der Waals surface area contributed by atoms with Crippen LogP contribution in [0.5, 0.6) is 0 Å². The van der Waals surface area contributed by atoms with Gasteiger partial charge in [-0.3, -0.25) is 10.1 Å². The molecule has 0 saturated heterocycles. The van der Waals surface area contributed by atoms with Gasteiger partial charge in [0, 0.05) is 0 Å². The minimum Gasteiger partial charge on any atom is -0.337 e. The van der Waals surface area contributed by atoms with Crippen molar-refractivity contribution in [1.29, 1.82) is 0 Å². The van der Waals surface area contributed by atoms with Crippen LogP contribution < -0.4 is 10.6 Å². The van der Waals surface area contributed by atoms with Crippen molar-refractivity contribution in [1.82, 2.24) is 20.8 Å². The summed E-state index contributed by atoms with van der Waals surface area (Å²) >= 11 is 5.18. The van der Waals surface area contributed by atoms with Gasteiger partial charge in [-0.05, 0) is 6.92 Å². The molecule has 1 aromatic heterocycles. The van der Waals surface area contributed by atoms with E-state index in [1.54, 1.807) is 6.92 Å². The second kappa shape index (κ2) is 5.30. The molecule has 0 aliphatic rings. The smallest absolute Gasteiger partial charge is 0.321 e. The normalized spacial score (nSPS) is 9.73. The number of nitrogens with zero attached hydrogens (tertiary/aromatic N) is 2. The van der Waals surface area contributed by atoms with Gasteiger partial charge in [0.2, 0.25) is 11.8 Å². The predicted octanol–water partition coefficient (Wildman–Crippen LogP) is -0.0574. The third-order valence-corrected chi connectivity index (χ3v) is 1.59. The molecule has 0 aliphatic carbocycles. The molecule has 0 atom stereocenters. The molecule has 2 N–H and O–H groups in total. The third-order valence-electron chi connectivity index (χ3n) is 1.34. The van der Waals surface area contributed by atoms with E-state index < -0.39 is 11.9 Å². The molecular formula is C7H9ClN4O3. The Kier molecular flexibility index (Phi) is 4.04. The summed E-state index contributed by atoms with van der Waals surface area (Å²) in [4.78, 5) is 25.5. The Morgan fingerprint density at radius 1 is 1.53 bits per heavy atom. The van der Waals surface area contributed by atoms with Crippen LogP contribution in [-0.2, 0) is 11.3 Å². The molecule has 8 heteroatoms. The van der Waals surface area contributed by atoms with Crippen molar-refractivity contribution in [3.8, 4) is 0 Å². The van der Waals surface area contributed by atoms with Gasteiger partial charge >= 0.3 is 6.03 Å². The Bertz CT molecular complexity index is 365. The molecule has 0 spiro atoms. The van der Waals surface area contributed by atoms with E-state index in [2.05, 4.69) is 15.5 Å². The molecule has 0 bridgehead atoms. The molecule has 0 fully saturated rings. The highest BCUT2D eigenvalue weighted by Gasteiger charge is 2.07. The lowest BCUT2D eigenvalue weighted by Crippen LogP contribution is -2.39. The molecule has 0 aromatic carbocycles. The number of carbonyl (C=O) groups excluding carboxylic acids is 2. The van der Waals surface area contributed by atoms with Gasteiger partial charge in [0.15, 0.2) is 5.82 Å². The number of hydrogen-bond donors (Lipinski definition) is 2. The summed E-state index contributed by atoms with van der Waals surface area (Å²) < 4.78 is 4.73. The molecule has 7 nitrogen and oxygen atoms in total. The number of amides is 3. The van der Waals surface area contributed by atoms with Crippen LogP contribution in [0.15, 0.2) is 4.52 Å². The fraction of sp³-hybridized carbons (Fsp3) is 0.429. The maximum absolute atomic E-state index is 11.0. The lowest BCUT2D eigenvalue weighted by Gasteiger charge is -2.01. The summed E-state index contributed by atoms with van der Waals surface area (Å²) in [5.41, 5.74) is 0. The molecule has 1 heterocycles. The summed E-state index contributed by atoms with van der Waals surface area (Å²) in [5, 5.41) is 7.87. The van der Waals surface area contributed by atoms with E-state index >= 15 is 0 Å². The average molecular weight is 233 g/mol. The van der Waals surface area contributed by atoms with Crippen molar-refractivity contribution < 1.29 is 14.1 Å². The van der Waals surface area contributed by atoms with Crippen LogP contribution in [0.4, 0.5) is 4.79 Å². The van der Waals surface area contributed by atoms with Crippen LogP contribution in [0.2, 0.25) is 0 Å². The van der Waals surface area contributed by atoms with Gasteiger partial charge in [-0.25, -0.2) is 4.79 Å². The van der Waals surface area contributed by atoms with E-state index in [4.69, 9.17) is 16.1 Å². The SMILES string of the molecule is Cc1noc(CNC(=O)NC(=O)CCl)n1. The Morgan fingerprint density at radius 2 is 2.27 bits per heavy atom. The van der Waals surface area contributed by atoms with Gasteiger partial charge in [0.05, 0.1) is 6.54 Å². The Balaban J connectivity index is 2.31. The van der Waals surface area contributed by atoms with Gasteiger partial charge in [-0.2, -0.15) is 4.98 Å². The molecule has 0 unspecified atom stereocenters. The zero-order chi connectivity index (χ0) is 11.3. The predicted molar refractivity (Wildman–Crippen MR) is 50.1 cm³/mol. The zero-order valence-electron chi connectivity index (χ0n) is 7.91. The first-order valence-corrected chi connectivity index (χ1v) is 4.58.